The Labute approximate surface area is 115 Å². The lowest BCUT2D eigenvalue weighted by molar-refractivity contribution is 0.0595. The van der Waals surface area contributed by atoms with Crippen LogP contribution in [0.5, 0.6) is 0 Å². The number of rotatable bonds is 2. The van der Waals surface area contributed by atoms with Gasteiger partial charge in [-0.15, -0.1) is 0 Å². The van der Waals surface area contributed by atoms with Crippen LogP contribution >= 0.6 is 0 Å². The van der Waals surface area contributed by atoms with Crippen LogP contribution in [0.2, 0.25) is 0 Å². The van der Waals surface area contributed by atoms with E-state index in [1.807, 2.05) is 0 Å². The average molecular weight is 286 g/mol. The molecule has 0 radical (unpaired) electrons. The molecular formula is C13H16F2N2O3. The molecule has 0 aromatic heterocycles. The Morgan fingerprint density at radius 3 is 2.25 bits per heavy atom. The molecule has 1 aromatic carbocycles. The van der Waals surface area contributed by atoms with E-state index in [4.69, 9.17) is 0 Å². The van der Waals surface area contributed by atoms with E-state index in [1.54, 1.807) is 20.8 Å². The molecular weight excluding hydrogens is 270 g/mol. The number of methoxy groups -OCH3 is 1. The molecule has 110 valence electrons. The second-order valence-electron chi connectivity index (χ2n) is 5.13. The van der Waals surface area contributed by atoms with Gasteiger partial charge in [0, 0.05) is 11.6 Å². The normalized spacial score (nSPS) is 10.9. The highest BCUT2D eigenvalue weighted by atomic mass is 19.1. The second-order valence-corrected chi connectivity index (χ2v) is 5.13. The van der Waals surface area contributed by atoms with Crippen LogP contribution in [0.3, 0.4) is 0 Å². The Morgan fingerprint density at radius 2 is 1.75 bits per heavy atom. The van der Waals surface area contributed by atoms with Gasteiger partial charge in [-0.2, -0.15) is 0 Å². The van der Waals surface area contributed by atoms with Gasteiger partial charge in [0.15, 0.2) is 0 Å². The third kappa shape index (κ3) is 4.18. The van der Waals surface area contributed by atoms with Gasteiger partial charge in [0.25, 0.3) is 0 Å². The summed E-state index contributed by atoms with van der Waals surface area (Å²) < 4.78 is 31.3. The fourth-order valence-corrected chi connectivity index (χ4v) is 1.41. The second kappa shape index (κ2) is 5.85. The molecule has 0 fully saturated rings. The van der Waals surface area contributed by atoms with Crippen LogP contribution in [0.25, 0.3) is 0 Å². The van der Waals surface area contributed by atoms with E-state index in [9.17, 15) is 18.4 Å². The molecule has 0 aliphatic heterocycles. The molecule has 0 saturated heterocycles. The van der Waals surface area contributed by atoms with Gasteiger partial charge < -0.3 is 15.4 Å². The summed E-state index contributed by atoms with van der Waals surface area (Å²) in [5.74, 6) is -3.00. The number of hydrogen-bond donors (Lipinski definition) is 2. The fourth-order valence-electron chi connectivity index (χ4n) is 1.41. The highest BCUT2D eigenvalue weighted by molar-refractivity contribution is 5.94. The predicted octanol–water partition coefficient (Wildman–Crippen LogP) is 2.67. The molecule has 5 nitrogen and oxygen atoms in total. The van der Waals surface area contributed by atoms with Crippen LogP contribution < -0.4 is 10.6 Å². The summed E-state index contributed by atoms with van der Waals surface area (Å²) in [5.41, 5.74) is -1.29. The van der Waals surface area contributed by atoms with Crippen LogP contribution in [0, 0.1) is 11.6 Å². The maximum atomic E-state index is 13.6. The molecule has 0 atom stereocenters. The SMILES string of the molecule is COC(=O)c1cc(NC(=O)NC(C)(C)C)c(F)cc1F. The minimum atomic E-state index is -1.06. The third-order valence-electron chi connectivity index (χ3n) is 2.20. The Bertz CT molecular complexity index is 539. The number of carbonyl (C=O) groups is 2. The van der Waals surface area contributed by atoms with Crippen molar-refractivity contribution in [1.82, 2.24) is 5.32 Å². The van der Waals surface area contributed by atoms with Crippen molar-refractivity contribution in [1.29, 1.82) is 0 Å². The van der Waals surface area contributed by atoms with Crippen molar-refractivity contribution in [3.8, 4) is 0 Å². The van der Waals surface area contributed by atoms with Crippen molar-refractivity contribution >= 4 is 17.7 Å². The molecule has 2 amide bonds. The summed E-state index contributed by atoms with van der Waals surface area (Å²) in [6.07, 6.45) is 0. The Balaban J connectivity index is 3.01. The van der Waals surface area contributed by atoms with E-state index in [0.29, 0.717) is 6.07 Å². The zero-order chi connectivity index (χ0) is 15.5. The summed E-state index contributed by atoms with van der Waals surface area (Å²) in [7, 11) is 1.07. The summed E-state index contributed by atoms with van der Waals surface area (Å²) >= 11 is 0. The highest BCUT2D eigenvalue weighted by Crippen LogP contribution is 2.20. The van der Waals surface area contributed by atoms with Crippen LogP contribution in [-0.4, -0.2) is 24.6 Å². The number of hydrogen-bond acceptors (Lipinski definition) is 3. The van der Waals surface area contributed by atoms with Crippen LogP contribution in [0.1, 0.15) is 31.1 Å². The molecule has 1 rings (SSSR count). The first kappa shape index (κ1) is 15.9. The summed E-state index contributed by atoms with van der Waals surface area (Å²) in [6.45, 7) is 5.23. The van der Waals surface area contributed by atoms with E-state index >= 15 is 0 Å². The molecule has 0 heterocycles. The zero-order valence-electron chi connectivity index (χ0n) is 11.6. The van der Waals surface area contributed by atoms with Gasteiger partial charge in [-0.1, -0.05) is 0 Å². The third-order valence-corrected chi connectivity index (χ3v) is 2.20. The molecule has 0 saturated carbocycles. The number of urea groups is 1. The number of anilines is 1. The Kier molecular flexibility index (Phi) is 4.65. The van der Waals surface area contributed by atoms with Crippen molar-refractivity contribution < 1.29 is 23.1 Å². The lowest BCUT2D eigenvalue weighted by atomic mass is 10.1. The van der Waals surface area contributed by atoms with Gasteiger partial charge in [-0.25, -0.2) is 18.4 Å². The number of nitrogens with one attached hydrogen (secondary N) is 2. The van der Waals surface area contributed by atoms with Crippen molar-refractivity contribution in [3.63, 3.8) is 0 Å². The highest BCUT2D eigenvalue weighted by Gasteiger charge is 2.19. The molecule has 1 aromatic rings. The average Bonchev–Trinajstić information content (AvgIpc) is 2.29. The largest absolute Gasteiger partial charge is 0.465 e. The number of carbonyl (C=O) groups excluding carboxylic acids is 2. The van der Waals surface area contributed by atoms with Gasteiger partial charge in [0.2, 0.25) is 0 Å². The van der Waals surface area contributed by atoms with Crippen LogP contribution in [0.15, 0.2) is 12.1 Å². The number of halogens is 2. The van der Waals surface area contributed by atoms with Gasteiger partial charge in [0.05, 0.1) is 18.4 Å². The first-order valence-corrected chi connectivity index (χ1v) is 5.80. The topological polar surface area (TPSA) is 67.4 Å². The standard InChI is InChI=1S/C13H16F2N2O3/c1-13(2,3)17-12(19)16-10-5-7(11(18)20-4)8(14)6-9(10)15/h5-6H,1-4H3,(H2,16,17,19). The first-order chi connectivity index (χ1) is 9.14. The molecule has 0 unspecified atom stereocenters. The van der Waals surface area contributed by atoms with E-state index in [2.05, 4.69) is 15.4 Å². The smallest absolute Gasteiger partial charge is 0.340 e. The lowest BCUT2D eigenvalue weighted by Gasteiger charge is -2.21. The summed E-state index contributed by atoms with van der Waals surface area (Å²) in [4.78, 5) is 22.9. The first-order valence-electron chi connectivity index (χ1n) is 5.80. The van der Waals surface area contributed by atoms with Crippen LogP contribution in [0.4, 0.5) is 19.3 Å². The predicted molar refractivity (Wildman–Crippen MR) is 69.6 cm³/mol. The summed E-state index contributed by atoms with van der Waals surface area (Å²) in [5, 5.41) is 4.76. The Hall–Kier alpha value is -2.18. The maximum absolute atomic E-state index is 13.6. The number of amides is 2. The van der Waals surface area contributed by atoms with Gasteiger partial charge in [0.1, 0.15) is 11.6 Å². The zero-order valence-corrected chi connectivity index (χ0v) is 11.6. The van der Waals surface area contributed by atoms with Crippen LogP contribution in [-0.2, 0) is 4.74 Å². The quantitative estimate of drug-likeness (QED) is 0.821. The van der Waals surface area contributed by atoms with Crippen molar-refractivity contribution in [2.24, 2.45) is 0 Å². The van der Waals surface area contributed by atoms with Crippen molar-refractivity contribution in [3.05, 3.63) is 29.3 Å². The molecule has 0 bridgehead atoms. The minimum absolute atomic E-state index is 0.312. The van der Waals surface area contributed by atoms with Gasteiger partial charge >= 0.3 is 12.0 Å². The minimum Gasteiger partial charge on any atom is -0.465 e. The number of esters is 1. The molecule has 0 spiro atoms. The molecule has 2 N–H and O–H groups in total. The Morgan fingerprint density at radius 1 is 1.15 bits per heavy atom. The number of benzene rings is 1. The maximum Gasteiger partial charge on any atom is 0.340 e. The number of ether oxygens (including phenoxy) is 1. The molecule has 7 heteroatoms. The van der Waals surface area contributed by atoms with Crippen molar-refractivity contribution in [2.75, 3.05) is 12.4 Å². The van der Waals surface area contributed by atoms with E-state index < -0.39 is 34.7 Å². The van der Waals surface area contributed by atoms with E-state index in [1.165, 1.54) is 0 Å². The molecule has 0 aliphatic rings. The summed E-state index contributed by atoms with van der Waals surface area (Å²) in [6, 6.07) is 0.733. The van der Waals surface area contributed by atoms with E-state index in [0.717, 1.165) is 13.2 Å². The fraction of sp³-hybridized carbons (Fsp3) is 0.385. The monoisotopic (exact) mass is 286 g/mol. The van der Waals surface area contributed by atoms with E-state index in [-0.39, 0.29) is 5.69 Å². The van der Waals surface area contributed by atoms with Crippen molar-refractivity contribution in [2.45, 2.75) is 26.3 Å². The molecule has 0 aliphatic carbocycles. The lowest BCUT2D eigenvalue weighted by Crippen LogP contribution is -2.43. The molecule has 20 heavy (non-hydrogen) atoms. The van der Waals surface area contributed by atoms with Gasteiger partial charge in [-0.3, -0.25) is 0 Å². The van der Waals surface area contributed by atoms with Gasteiger partial charge in [-0.05, 0) is 26.8 Å².